The normalized spacial score (nSPS) is 23.4. The van der Waals surface area contributed by atoms with E-state index in [0.717, 1.165) is 44.9 Å². The summed E-state index contributed by atoms with van der Waals surface area (Å²) in [6, 6.07) is 0.558. The van der Waals surface area contributed by atoms with Crippen LogP contribution in [0.15, 0.2) is 18.6 Å². The second kappa shape index (κ2) is 10.0. The van der Waals surface area contributed by atoms with Gasteiger partial charge in [-0.1, -0.05) is 13.8 Å². The fourth-order valence-corrected chi connectivity index (χ4v) is 3.54. The quantitative estimate of drug-likeness (QED) is 0.829. The number of rotatable bonds is 3. The van der Waals surface area contributed by atoms with Crippen molar-refractivity contribution in [2.75, 3.05) is 37.7 Å². The van der Waals surface area contributed by atoms with Crippen LogP contribution in [0.25, 0.3) is 0 Å². The molecule has 7 nitrogen and oxygen atoms in total. The maximum Gasteiger partial charge on any atom is 0.490 e. The number of hydrogen-bond acceptors (Lipinski definition) is 6. The molecule has 2 aliphatic rings. The molecule has 0 bridgehead atoms. The molecule has 0 aromatic carbocycles. The minimum absolute atomic E-state index is 0.374. The van der Waals surface area contributed by atoms with Crippen LogP contribution in [-0.2, 0) is 9.53 Å². The van der Waals surface area contributed by atoms with Gasteiger partial charge in [0, 0.05) is 44.6 Å². The maximum atomic E-state index is 10.6. The Morgan fingerprint density at radius 3 is 2.54 bits per heavy atom. The predicted octanol–water partition coefficient (Wildman–Crippen LogP) is 2.44. The molecule has 2 atom stereocenters. The molecule has 10 heteroatoms. The predicted molar refractivity (Wildman–Crippen MR) is 97.1 cm³/mol. The summed E-state index contributed by atoms with van der Waals surface area (Å²) in [5, 5.41) is 7.12. The van der Waals surface area contributed by atoms with Crippen LogP contribution < -0.4 is 4.90 Å². The van der Waals surface area contributed by atoms with Crippen molar-refractivity contribution in [1.82, 2.24) is 14.9 Å². The molecule has 1 aromatic heterocycles. The van der Waals surface area contributed by atoms with Crippen molar-refractivity contribution in [1.29, 1.82) is 0 Å². The van der Waals surface area contributed by atoms with E-state index >= 15 is 0 Å². The molecule has 28 heavy (non-hydrogen) atoms. The van der Waals surface area contributed by atoms with Crippen LogP contribution in [0.2, 0.25) is 0 Å². The molecule has 2 aliphatic heterocycles. The van der Waals surface area contributed by atoms with E-state index < -0.39 is 12.1 Å². The van der Waals surface area contributed by atoms with E-state index in [9.17, 15) is 13.2 Å². The Morgan fingerprint density at radius 2 is 1.96 bits per heavy atom. The molecule has 1 N–H and O–H groups in total. The van der Waals surface area contributed by atoms with Crippen molar-refractivity contribution in [3.8, 4) is 0 Å². The highest BCUT2D eigenvalue weighted by molar-refractivity contribution is 5.73. The number of nitrogens with zero attached hydrogens (tertiary/aromatic N) is 4. The number of aliphatic carboxylic acids is 1. The molecular formula is C18H27F3N4O3. The molecule has 0 radical (unpaired) electrons. The van der Waals surface area contributed by atoms with Gasteiger partial charge >= 0.3 is 12.1 Å². The van der Waals surface area contributed by atoms with Gasteiger partial charge in [0.25, 0.3) is 0 Å². The number of aromatic nitrogens is 2. The minimum atomic E-state index is -5.08. The van der Waals surface area contributed by atoms with Gasteiger partial charge < -0.3 is 14.7 Å². The van der Waals surface area contributed by atoms with Crippen molar-refractivity contribution >= 4 is 11.8 Å². The van der Waals surface area contributed by atoms with Crippen molar-refractivity contribution in [3.63, 3.8) is 0 Å². The average Bonchev–Trinajstić information content (AvgIpc) is 2.85. The maximum absolute atomic E-state index is 10.6. The molecule has 0 saturated carbocycles. The lowest BCUT2D eigenvalue weighted by Gasteiger charge is -2.41. The molecule has 2 fully saturated rings. The topological polar surface area (TPSA) is 78.8 Å². The third-order valence-corrected chi connectivity index (χ3v) is 4.70. The highest BCUT2D eigenvalue weighted by atomic mass is 19.4. The van der Waals surface area contributed by atoms with Gasteiger partial charge in [0.05, 0.1) is 18.9 Å². The summed E-state index contributed by atoms with van der Waals surface area (Å²) in [4.78, 5) is 22.5. The van der Waals surface area contributed by atoms with Gasteiger partial charge in [-0.3, -0.25) is 9.88 Å². The molecule has 158 valence electrons. The lowest BCUT2D eigenvalue weighted by molar-refractivity contribution is -0.192. The number of carbonyl (C=O) groups is 1. The van der Waals surface area contributed by atoms with Gasteiger partial charge in [-0.25, -0.2) is 9.78 Å². The molecule has 1 aromatic rings. The van der Waals surface area contributed by atoms with E-state index in [1.807, 2.05) is 6.20 Å². The van der Waals surface area contributed by atoms with Gasteiger partial charge in [0.1, 0.15) is 5.82 Å². The van der Waals surface area contributed by atoms with E-state index in [2.05, 4.69) is 33.6 Å². The minimum Gasteiger partial charge on any atom is -0.475 e. The number of ether oxygens (including phenoxy) is 1. The van der Waals surface area contributed by atoms with E-state index in [4.69, 9.17) is 14.6 Å². The molecule has 3 heterocycles. The zero-order valence-corrected chi connectivity index (χ0v) is 16.1. The Kier molecular flexibility index (Phi) is 7.99. The molecule has 0 unspecified atom stereocenters. The Balaban J connectivity index is 0.000000345. The monoisotopic (exact) mass is 404 g/mol. The lowest BCUT2D eigenvalue weighted by atomic mass is 10.0. The highest BCUT2D eigenvalue weighted by Gasteiger charge is 2.38. The Bertz CT molecular complexity index is 616. The van der Waals surface area contributed by atoms with E-state index in [1.54, 1.807) is 12.4 Å². The molecule has 0 amide bonds. The summed E-state index contributed by atoms with van der Waals surface area (Å²) in [6.45, 7) is 9.77. The number of alkyl halides is 3. The molecule has 0 aliphatic carbocycles. The van der Waals surface area contributed by atoms with Crippen molar-refractivity contribution < 1.29 is 27.8 Å². The van der Waals surface area contributed by atoms with Crippen LogP contribution >= 0.6 is 0 Å². The number of morpholine rings is 1. The highest BCUT2D eigenvalue weighted by Crippen LogP contribution is 2.26. The largest absolute Gasteiger partial charge is 0.490 e. The van der Waals surface area contributed by atoms with Gasteiger partial charge in [-0.2, -0.15) is 13.2 Å². The first-order valence-corrected chi connectivity index (χ1v) is 9.35. The summed E-state index contributed by atoms with van der Waals surface area (Å²) in [6.07, 6.45) is 2.88. The average molecular weight is 404 g/mol. The SMILES string of the molecule is CC(C)CN1CCO[C@H]2CCN(c3cnccn3)CC[C@@H]21.O=C(O)C(F)(F)F. The number of fused-ring (bicyclic) bond motifs is 1. The van der Waals surface area contributed by atoms with Crippen molar-refractivity contribution in [2.24, 2.45) is 5.92 Å². The number of halogens is 3. The van der Waals surface area contributed by atoms with E-state index in [-0.39, 0.29) is 0 Å². The van der Waals surface area contributed by atoms with Crippen LogP contribution in [0.1, 0.15) is 26.7 Å². The summed E-state index contributed by atoms with van der Waals surface area (Å²) in [5.74, 6) is -1.05. The third-order valence-electron chi connectivity index (χ3n) is 4.70. The second-order valence-corrected chi connectivity index (χ2v) is 7.30. The van der Waals surface area contributed by atoms with Crippen LogP contribution in [-0.4, -0.2) is 77.1 Å². The standard InChI is InChI=1S/C16H26N4O.C2HF3O2/c1-13(2)12-20-9-10-21-15-4-8-19(7-3-14(15)20)16-11-17-5-6-18-16;3-2(4,5)1(6)7/h5-6,11,13-15H,3-4,7-10,12H2,1-2H3;(H,6,7)/t14-,15-;/m0./s1. The van der Waals surface area contributed by atoms with Gasteiger partial charge in [-0.05, 0) is 18.8 Å². The van der Waals surface area contributed by atoms with Crippen LogP contribution in [0.3, 0.4) is 0 Å². The molecule has 3 rings (SSSR count). The van der Waals surface area contributed by atoms with E-state index in [0.29, 0.717) is 18.1 Å². The molecule has 0 spiro atoms. The summed E-state index contributed by atoms with van der Waals surface area (Å²) in [5.41, 5.74) is 0. The van der Waals surface area contributed by atoms with Crippen LogP contribution in [0.5, 0.6) is 0 Å². The Labute approximate surface area is 162 Å². The molecular weight excluding hydrogens is 377 g/mol. The summed E-state index contributed by atoms with van der Waals surface area (Å²) >= 11 is 0. The number of carboxylic acids is 1. The Hall–Kier alpha value is -1.94. The third kappa shape index (κ3) is 6.59. The smallest absolute Gasteiger partial charge is 0.475 e. The van der Waals surface area contributed by atoms with E-state index in [1.165, 1.54) is 6.54 Å². The summed E-state index contributed by atoms with van der Waals surface area (Å²) in [7, 11) is 0. The first-order valence-electron chi connectivity index (χ1n) is 9.35. The van der Waals surface area contributed by atoms with Gasteiger partial charge in [-0.15, -0.1) is 0 Å². The fraction of sp³-hybridized carbons (Fsp3) is 0.722. The summed E-state index contributed by atoms with van der Waals surface area (Å²) < 4.78 is 37.8. The van der Waals surface area contributed by atoms with Crippen molar-refractivity contribution in [3.05, 3.63) is 18.6 Å². The first-order chi connectivity index (χ1) is 13.2. The number of carboxylic acid groups (broad SMARTS) is 1. The van der Waals surface area contributed by atoms with Crippen molar-refractivity contribution in [2.45, 2.75) is 45.0 Å². The lowest BCUT2D eigenvalue weighted by Crippen LogP contribution is -2.52. The molecule has 2 saturated heterocycles. The second-order valence-electron chi connectivity index (χ2n) is 7.30. The number of anilines is 1. The van der Waals surface area contributed by atoms with Crippen LogP contribution in [0.4, 0.5) is 19.0 Å². The number of hydrogen-bond donors (Lipinski definition) is 1. The van der Waals surface area contributed by atoms with Gasteiger partial charge in [0.2, 0.25) is 0 Å². The van der Waals surface area contributed by atoms with Crippen LogP contribution in [0, 0.1) is 5.92 Å². The Morgan fingerprint density at radius 1 is 1.29 bits per heavy atom. The van der Waals surface area contributed by atoms with Gasteiger partial charge in [0.15, 0.2) is 0 Å². The fourth-order valence-electron chi connectivity index (χ4n) is 3.54. The zero-order chi connectivity index (χ0) is 20.7. The zero-order valence-electron chi connectivity index (χ0n) is 16.1. The first kappa shape index (κ1) is 22.4.